The molecule has 2 aliphatic rings. The normalized spacial score (nSPS) is 22.6. The van der Waals surface area contributed by atoms with Crippen LogP contribution in [0.1, 0.15) is 23.1 Å². The number of hydrogen-bond acceptors (Lipinski definition) is 4. The third kappa shape index (κ3) is 4.47. The number of aromatic hydroxyl groups is 1. The molecular weight excluding hydrogens is 396 g/mol. The zero-order chi connectivity index (χ0) is 22.1. The van der Waals surface area contributed by atoms with E-state index in [-0.39, 0.29) is 29.6 Å². The number of urea groups is 1. The zero-order valence-corrected chi connectivity index (χ0v) is 17.5. The summed E-state index contributed by atoms with van der Waals surface area (Å²) >= 11 is 0. The number of piperazine rings is 1. The largest absolute Gasteiger partial charge is 0.508 e. The number of benzene rings is 2. The van der Waals surface area contributed by atoms with Crippen LogP contribution in [0, 0.1) is 13.8 Å². The molecule has 2 aromatic carbocycles. The van der Waals surface area contributed by atoms with E-state index in [2.05, 4.69) is 16.0 Å². The Kier molecular flexibility index (Phi) is 5.54. The second-order valence-electron chi connectivity index (χ2n) is 8.27. The number of nitrogens with one attached hydrogen (secondary N) is 3. The number of rotatable bonds is 4. The average Bonchev–Trinajstić information content (AvgIpc) is 3.15. The Bertz CT molecular complexity index is 1020. The molecule has 0 saturated carbocycles. The standard InChI is InChI=1S/C23H26N4O4/c1-13-3-6-16(9-14(13)2)24-23(31)25-17-11-20-21(29)26-19(22(30)27(20)12-17)10-15-4-7-18(28)8-5-15/h3-9,17,19-20,28H,10-12H2,1-2H3,(H,26,29)(H2,24,25,31)/t17-,19+,20-/m0/s1. The third-order valence-electron chi connectivity index (χ3n) is 5.98. The molecule has 0 bridgehead atoms. The number of carbonyl (C=O) groups is 3. The van der Waals surface area contributed by atoms with Gasteiger partial charge in [-0.2, -0.15) is 0 Å². The molecule has 2 aliphatic heterocycles. The van der Waals surface area contributed by atoms with Gasteiger partial charge in [0, 0.05) is 18.7 Å². The number of nitrogens with zero attached hydrogens (tertiary/aromatic N) is 1. The van der Waals surface area contributed by atoms with Gasteiger partial charge in [0.15, 0.2) is 0 Å². The van der Waals surface area contributed by atoms with Crippen LogP contribution in [0.4, 0.5) is 10.5 Å². The highest BCUT2D eigenvalue weighted by Crippen LogP contribution is 2.24. The predicted molar refractivity (Wildman–Crippen MR) is 116 cm³/mol. The molecule has 2 fully saturated rings. The van der Waals surface area contributed by atoms with Crippen LogP contribution < -0.4 is 16.0 Å². The van der Waals surface area contributed by atoms with Crippen LogP contribution in [0.5, 0.6) is 5.75 Å². The summed E-state index contributed by atoms with van der Waals surface area (Å²) in [5, 5.41) is 17.9. The van der Waals surface area contributed by atoms with Gasteiger partial charge in [-0.05, 0) is 61.2 Å². The van der Waals surface area contributed by atoms with Crippen molar-refractivity contribution in [2.75, 3.05) is 11.9 Å². The Labute approximate surface area is 180 Å². The number of phenols is 1. The third-order valence-corrected chi connectivity index (χ3v) is 5.98. The van der Waals surface area contributed by atoms with Crippen LogP contribution in [-0.4, -0.2) is 52.5 Å². The number of hydrogen-bond donors (Lipinski definition) is 4. The van der Waals surface area contributed by atoms with Crippen molar-refractivity contribution in [3.05, 3.63) is 59.2 Å². The minimum Gasteiger partial charge on any atom is -0.508 e. The van der Waals surface area contributed by atoms with Gasteiger partial charge in [-0.25, -0.2) is 4.79 Å². The summed E-state index contributed by atoms with van der Waals surface area (Å²) in [6.45, 7) is 4.28. The first kappa shape index (κ1) is 20.7. The molecule has 4 amide bonds. The maximum atomic E-state index is 12.9. The van der Waals surface area contributed by atoms with Crippen LogP contribution in [0.2, 0.25) is 0 Å². The first-order valence-electron chi connectivity index (χ1n) is 10.3. The Balaban J connectivity index is 1.37. The molecule has 0 unspecified atom stereocenters. The van der Waals surface area contributed by atoms with Gasteiger partial charge in [-0.15, -0.1) is 0 Å². The maximum Gasteiger partial charge on any atom is 0.319 e. The topological polar surface area (TPSA) is 111 Å². The highest BCUT2D eigenvalue weighted by Gasteiger charge is 2.46. The summed E-state index contributed by atoms with van der Waals surface area (Å²) in [6, 6.07) is 10.3. The molecule has 0 aliphatic carbocycles. The van der Waals surface area contributed by atoms with Crippen LogP contribution in [-0.2, 0) is 16.0 Å². The number of amides is 4. The number of aryl methyl sites for hydroxylation is 2. The molecule has 162 valence electrons. The second-order valence-corrected chi connectivity index (χ2v) is 8.27. The molecule has 0 spiro atoms. The molecule has 4 N–H and O–H groups in total. The molecule has 2 heterocycles. The zero-order valence-electron chi connectivity index (χ0n) is 17.5. The maximum absolute atomic E-state index is 12.9. The van der Waals surface area contributed by atoms with Gasteiger partial charge in [0.25, 0.3) is 0 Å². The summed E-state index contributed by atoms with van der Waals surface area (Å²) in [4.78, 5) is 39.5. The van der Waals surface area contributed by atoms with E-state index in [1.807, 2.05) is 32.0 Å². The highest BCUT2D eigenvalue weighted by molar-refractivity contribution is 5.98. The SMILES string of the molecule is Cc1ccc(NC(=O)N[C@H]2C[C@H]3C(=O)N[C@H](Cc4ccc(O)cc4)C(=O)N3C2)cc1C. The molecule has 8 nitrogen and oxygen atoms in total. The fourth-order valence-electron chi connectivity index (χ4n) is 4.14. The van der Waals surface area contributed by atoms with E-state index in [0.717, 1.165) is 16.7 Å². The quantitative estimate of drug-likeness (QED) is 0.603. The van der Waals surface area contributed by atoms with Gasteiger partial charge in [0.1, 0.15) is 17.8 Å². The van der Waals surface area contributed by atoms with Crippen molar-refractivity contribution in [3.63, 3.8) is 0 Å². The molecule has 3 atom stereocenters. The van der Waals surface area contributed by atoms with Crippen molar-refractivity contribution in [2.45, 2.75) is 44.8 Å². The van der Waals surface area contributed by atoms with Crippen molar-refractivity contribution in [1.82, 2.24) is 15.5 Å². The number of carbonyl (C=O) groups excluding carboxylic acids is 3. The lowest BCUT2D eigenvalue weighted by Crippen LogP contribution is -2.61. The van der Waals surface area contributed by atoms with Crippen molar-refractivity contribution in [3.8, 4) is 5.75 Å². The van der Waals surface area contributed by atoms with Gasteiger partial charge in [-0.3, -0.25) is 9.59 Å². The predicted octanol–water partition coefficient (Wildman–Crippen LogP) is 1.84. The Morgan fingerprint density at radius 2 is 1.87 bits per heavy atom. The Morgan fingerprint density at radius 1 is 1.13 bits per heavy atom. The lowest BCUT2D eigenvalue weighted by atomic mass is 10.0. The molecule has 0 radical (unpaired) electrons. The van der Waals surface area contributed by atoms with Gasteiger partial charge in [0.2, 0.25) is 11.8 Å². The monoisotopic (exact) mass is 422 g/mol. The Morgan fingerprint density at radius 3 is 2.58 bits per heavy atom. The van der Waals surface area contributed by atoms with E-state index in [1.165, 1.54) is 0 Å². The second kappa shape index (κ2) is 8.29. The number of anilines is 1. The van der Waals surface area contributed by atoms with Gasteiger partial charge < -0.3 is 26.0 Å². The first-order valence-corrected chi connectivity index (χ1v) is 10.3. The first-order chi connectivity index (χ1) is 14.8. The number of phenolic OH excluding ortho intramolecular Hbond substituents is 1. The van der Waals surface area contributed by atoms with Crippen molar-refractivity contribution < 1.29 is 19.5 Å². The van der Waals surface area contributed by atoms with E-state index < -0.39 is 12.1 Å². The van der Waals surface area contributed by atoms with Crippen LogP contribution in [0.15, 0.2) is 42.5 Å². The average molecular weight is 422 g/mol. The molecule has 31 heavy (non-hydrogen) atoms. The minimum atomic E-state index is -0.656. The van der Waals surface area contributed by atoms with Crippen molar-refractivity contribution >= 4 is 23.5 Å². The van der Waals surface area contributed by atoms with E-state index in [4.69, 9.17) is 0 Å². The highest BCUT2D eigenvalue weighted by atomic mass is 16.3. The molecule has 2 saturated heterocycles. The fraction of sp³-hybridized carbons (Fsp3) is 0.348. The summed E-state index contributed by atoms with van der Waals surface area (Å²) in [5.41, 5.74) is 3.76. The molecular formula is C23H26N4O4. The van der Waals surface area contributed by atoms with E-state index >= 15 is 0 Å². The fourth-order valence-corrected chi connectivity index (χ4v) is 4.14. The lowest BCUT2D eigenvalue weighted by Gasteiger charge is -2.34. The van der Waals surface area contributed by atoms with Crippen LogP contribution in [0.25, 0.3) is 0 Å². The molecule has 8 heteroatoms. The van der Waals surface area contributed by atoms with Crippen LogP contribution in [0.3, 0.4) is 0 Å². The van der Waals surface area contributed by atoms with Gasteiger partial charge in [0.05, 0.1) is 6.04 Å². The van der Waals surface area contributed by atoms with Gasteiger partial charge in [-0.1, -0.05) is 18.2 Å². The molecule has 0 aromatic heterocycles. The Hall–Kier alpha value is -3.55. The summed E-state index contributed by atoms with van der Waals surface area (Å²) in [7, 11) is 0. The summed E-state index contributed by atoms with van der Waals surface area (Å²) in [5.74, 6) is -0.214. The molecule has 4 rings (SSSR count). The summed E-state index contributed by atoms with van der Waals surface area (Å²) < 4.78 is 0. The van der Waals surface area contributed by atoms with E-state index in [1.54, 1.807) is 29.2 Å². The van der Waals surface area contributed by atoms with Crippen molar-refractivity contribution in [1.29, 1.82) is 0 Å². The van der Waals surface area contributed by atoms with E-state index in [0.29, 0.717) is 25.1 Å². The minimum absolute atomic E-state index is 0.148. The smallest absolute Gasteiger partial charge is 0.319 e. The summed E-state index contributed by atoms with van der Waals surface area (Å²) in [6.07, 6.45) is 0.725. The van der Waals surface area contributed by atoms with Crippen LogP contribution >= 0.6 is 0 Å². The molecule has 2 aromatic rings. The number of fused-ring (bicyclic) bond motifs is 1. The van der Waals surface area contributed by atoms with Gasteiger partial charge >= 0.3 is 6.03 Å². The lowest BCUT2D eigenvalue weighted by molar-refractivity contribution is -0.147. The van der Waals surface area contributed by atoms with Crippen molar-refractivity contribution in [2.24, 2.45) is 0 Å². The van der Waals surface area contributed by atoms with E-state index in [9.17, 15) is 19.5 Å².